The first-order chi connectivity index (χ1) is 7.56. The molecular weight excluding hydrogens is 250 g/mol. The molecule has 0 bridgehead atoms. The Hall–Kier alpha value is -0.820. The van der Waals surface area contributed by atoms with Crippen LogP contribution in [0.4, 0.5) is 4.39 Å². The normalized spacial score (nSPS) is 12.2. The highest BCUT2D eigenvalue weighted by Gasteiger charge is 2.12. The second-order valence-corrected chi connectivity index (χ2v) is 4.19. The fourth-order valence-corrected chi connectivity index (χ4v) is 1.87. The van der Waals surface area contributed by atoms with Gasteiger partial charge >= 0.3 is 0 Å². The molecule has 2 nitrogen and oxygen atoms in total. The average Bonchev–Trinajstić information content (AvgIpc) is 2.23. The zero-order chi connectivity index (χ0) is 12.1. The Morgan fingerprint density at radius 1 is 1.44 bits per heavy atom. The lowest BCUT2D eigenvalue weighted by atomic mass is 10.1. The van der Waals surface area contributed by atoms with Crippen LogP contribution in [0.1, 0.15) is 24.9 Å². The molecule has 5 heteroatoms. The van der Waals surface area contributed by atoms with E-state index < -0.39 is 5.82 Å². The summed E-state index contributed by atoms with van der Waals surface area (Å²) in [5.41, 5.74) is 0.640. The number of nitriles is 1. The zero-order valence-corrected chi connectivity index (χ0v) is 10.2. The van der Waals surface area contributed by atoms with Crippen molar-refractivity contribution in [3.63, 3.8) is 0 Å². The third-order valence-electron chi connectivity index (χ3n) is 2.19. The Bertz CT molecular complexity index is 415. The lowest BCUT2D eigenvalue weighted by Gasteiger charge is -2.15. The summed E-state index contributed by atoms with van der Waals surface area (Å²) in [4.78, 5) is 0. The van der Waals surface area contributed by atoms with Crippen molar-refractivity contribution in [1.82, 2.24) is 5.32 Å². The minimum Gasteiger partial charge on any atom is -0.309 e. The molecule has 1 unspecified atom stereocenters. The van der Waals surface area contributed by atoms with Crippen LogP contribution in [0.15, 0.2) is 12.1 Å². The molecule has 0 aliphatic carbocycles. The Balaban J connectivity index is 2.79. The maximum absolute atomic E-state index is 13.2. The molecule has 0 radical (unpaired) electrons. The van der Waals surface area contributed by atoms with E-state index in [9.17, 15) is 4.39 Å². The van der Waals surface area contributed by atoms with Crippen LogP contribution in [0.5, 0.6) is 0 Å². The van der Waals surface area contributed by atoms with Crippen LogP contribution in [-0.2, 0) is 0 Å². The third kappa shape index (κ3) is 3.34. The SMILES string of the molecule is CC(NCCC#N)c1cc(F)c(Cl)cc1Cl. The van der Waals surface area contributed by atoms with Crippen molar-refractivity contribution in [2.24, 2.45) is 0 Å². The molecule has 0 heterocycles. The van der Waals surface area contributed by atoms with Gasteiger partial charge in [-0.2, -0.15) is 5.26 Å². The molecule has 0 aromatic heterocycles. The largest absolute Gasteiger partial charge is 0.309 e. The highest BCUT2D eigenvalue weighted by Crippen LogP contribution is 2.28. The van der Waals surface area contributed by atoms with Crippen molar-refractivity contribution < 1.29 is 4.39 Å². The molecular formula is C11H11Cl2FN2. The summed E-state index contributed by atoms with van der Waals surface area (Å²) in [6.45, 7) is 2.39. The van der Waals surface area contributed by atoms with Gasteiger partial charge in [-0.05, 0) is 24.6 Å². The lowest BCUT2D eigenvalue weighted by molar-refractivity contribution is 0.572. The first kappa shape index (κ1) is 13.2. The van der Waals surface area contributed by atoms with Gasteiger partial charge in [0.2, 0.25) is 0 Å². The second kappa shape index (κ2) is 6.05. The van der Waals surface area contributed by atoms with Crippen molar-refractivity contribution in [3.05, 3.63) is 33.6 Å². The second-order valence-electron chi connectivity index (χ2n) is 3.37. The summed E-state index contributed by atoms with van der Waals surface area (Å²) in [5.74, 6) is -0.491. The van der Waals surface area contributed by atoms with E-state index in [1.54, 1.807) is 0 Å². The fourth-order valence-electron chi connectivity index (χ4n) is 1.32. The van der Waals surface area contributed by atoms with Crippen LogP contribution in [0.2, 0.25) is 10.0 Å². The predicted octanol–water partition coefficient (Wildman–Crippen LogP) is 3.70. The van der Waals surface area contributed by atoms with Gasteiger partial charge in [-0.15, -0.1) is 0 Å². The molecule has 0 aliphatic rings. The number of hydrogen-bond donors (Lipinski definition) is 1. The van der Waals surface area contributed by atoms with Crippen LogP contribution in [0.25, 0.3) is 0 Å². The van der Waals surface area contributed by atoms with Crippen molar-refractivity contribution in [2.45, 2.75) is 19.4 Å². The maximum Gasteiger partial charge on any atom is 0.142 e. The molecule has 0 saturated carbocycles. The van der Waals surface area contributed by atoms with E-state index in [0.717, 1.165) is 0 Å². The number of benzene rings is 1. The van der Waals surface area contributed by atoms with E-state index in [-0.39, 0.29) is 11.1 Å². The molecule has 86 valence electrons. The van der Waals surface area contributed by atoms with Gasteiger partial charge in [-0.25, -0.2) is 4.39 Å². The number of nitrogens with zero attached hydrogens (tertiary/aromatic N) is 1. The zero-order valence-electron chi connectivity index (χ0n) is 8.73. The minimum atomic E-state index is -0.491. The number of halogens is 3. The fraction of sp³-hybridized carbons (Fsp3) is 0.364. The molecule has 0 amide bonds. The monoisotopic (exact) mass is 260 g/mol. The van der Waals surface area contributed by atoms with Gasteiger partial charge in [-0.1, -0.05) is 23.2 Å². The topological polar surface area (TPSA) is 35.8 Å². The Morgan fingerprint density at radius 3 is 2.75 bits per heavy atom. The molecule has 1 aromatic carbocycles. The van der Waals surface area contributed by atoms with Crippen LogP contribution < -0.4 is 5.32 Å². The van der Waals surface area contributed by atoms with Gasteiger partial charge in [0, 0.05) is 24.0 Å². The summed E-state index contributed by atoms with van der Waals surface area (Å²) in [5, 5.41) is 11.9. The smallest absolute Gasteiger partial charge is 0.142 e. The quantitative estimate of drug-likeness (QED) is 0.662. The summed E-state index contributed by atoms with van der Waals surface area (Å²) in [7, 11) is 0. The third-order valence-corrected chi connectivity index (χ3v) is 2.81. The van der Waals surface area contributed by atoms with Gasteiger partial charge in [0.15, 0.2) is 0 Å². The van der Waals surface area contributed by atoms with Gasteiger partial charge in [0.05, 0.1) is 11.1 Å². The highest BCUT2D eigenvalue weighted by atomic mass is 35.5. The van der Waals surface area contributed by atoms with Crippen LogP contribution in [0, 0.1) is 17.1 Å². The van der Waals surface area contributed by atoms with E-state index in [1.807, 2.05) is 13.0 Å². The first-order valence-corrected chi connectivity index (χ1v) is 5.56. The Kier molecular flexibility index (Phi) is 5.01. The average molecular weight is 261 g/mol. The van der Waals surface area contributed by atoms with Gasteiger partial charge in [0.1, 0.15) is 5.82 Å². The highest BCUT2D eigenvalue weighted by molar-refractivity contribution is 6.35. The summed E-state index contributed by atoms with van der Waals surface area (Å²) in [6.07, 6.45) is 0.401. The van der Waals surface area contributed by atoms with Gasteiger partial charge in [0.25, 0.3) is 0 Å². The molecule has 0 aliphatic heterocycles. The molecule has 0 saturated heterocycles. The molecule has 1 aromatic rings. The molecule has 0 spiro atoms. The van der Waals surface area contributed by atoms with Crippen molar-refractivity contribution >= 4 is 23.2 Å². The predicted molar refractivity (Wildman–Crippen MR) is 63.1 cm³/mol. The first-order valence-electron chi connectivity index (χ1n) is 4.81. The summed E-state index contributed by atoms with van der Waals surface area (Å²) < 4.78 is 13.2. The van der Waals surface area contributed by atoms with Gasteiger partial charge in [-0.3, -0.25) is 0 Å². The molecule has 16 heavy (non-hydrogen) atoms. The lowest BCUT2D eigenvalue weighted by Crippen LogP contribution is -2.20. The van der Waals surface area contributed by atoms with Gasteiger partial charge < -0.3 is 5.32 Å². The van der Waals surface area contributed by atoms with E-state index in [1.165, 1.54) is 12.1 Å². The van der Waals surface area contributed by atoms with Crippen LogP contribution >= 0.6 is 23.2 Å². The van der Waals surface area contributed by atoms with E-state index in [2.05, 4.69) is 5.32 Å². The minimum absolute atomic E-state index is 0.0120. The van der Waals surface area contributed by atoms with Crippen molar-refractivity contribution in [2.75, 3.05) is 6.54 Å². The number of rotatable bonds is 4. The molecule has 1 rings (SSSR count). The van der Waals surface area contributed by atoms with Crippen LogP contribution in [-0.4, -0.2) is 6.54 Å². The van der Waals surface area contributed by atoms with E-state index in [4.69, 9.17) is 28.5 Å². The molecule has 0 fully saturated rings. The summed E-state index contributed by atoms with van der Waals surface area (Å²) in [6, 6.07) is 4.60. The number of nitrogens with one attached hydrogen (secondary N) is 1. The molecule has 1 atom stereocenters. The summed E-state index contributed by atoms with van der Waals surface area (Å²) >= 11 is 11.5. The van der Waals surface area contributed by atoms with E-state index in [0.29, 0.717) is 23.6 Å². The number of hydrogen-bond acceptors (Lipinski definition) is 2. The van der Waals surface area contributed by atoms with Crippen LogP contribution in [0.3, 0.4) is 0 Å². The van der Waals surface area contributed by atoms with Crippen molar-refractivity contribution in [3.8, 4) is 6.07 Å². The molecule has 1 N–H and O–H groups in total. The Morgan fingerprint density at radius 2 is 2.12 bits per heavy atom. The Labute approximate surface area is 104 Å². The maximum atomic E-state index is 13.2. The standard InChI is InChI=1S/C11H11Cl2FN2/c1-7(16-4-2-3-15)8-5-11(14)10(13)6-9(8)12/h5-7,16H,2,4H2,1H3. The van der Waals surface area contributed by atoms with E-state index >= 15 is 0 Å². The van der Waals surface area contributed by atoms with Crippen molar-refractivity contribution in [1.29, 1.82) is 5.26 Å².